The predicted octanol–water partition coefficient (Wildman–Crippen LogP) is 2.74. The second-order valence-electron chi connectivity index (χ2n) is 6.26. The Morgan fingerprint density at radius 3 is 2.85 bits per heavy atom. The van der Waals surface area contributed by atoms with Crippen LogP contribution >= 0.6 is 11.3 Å². The fraction of sp³-hybridized carbons (Fsp3) is 0.333. The molecule has 9 heteroatoms. The van der Waals surface area contributed by atoms with Gasteiger partial charge in [-0.2, -0.15) is 4.98 Å². The van der Waals surface area contributed by atoms with Crippen LogP contribution in [-0.4, -0.2) is 27.6 Å². The third-order valence-electron chi connectivity index (χ3n) is 4.03. The summed E-state index contributed by atoms with van der Waals surface area (Å²) in [4.78, 5) is 20.8. The second kappa shape index (κ2) is 7.85. The first kappa shape index (κ1) is 17.6. The lowest BCUT2D eigenvalue weighted by Crippen LogP contribution is -2.12. The van der Waals surface area contributed by atoms with Gasteiger partial charge in [0.1, 0.15) is 11.4 Å². The van der Waals surface area contributed by atoms with Crippen LogP contribution in [0, 0.1) is 0 Å². The molecular formula is C18H19N5O3S. The number of carbonyl (C=O) groups excluding carboxylic acids is 1. The van der Waals surface area contributed by atoms with Gasteiger partial charge in [0.15, 0.2) is 6.61 Å². The summed E-state index contributed by atoms with van der Waals surface area (Å²) in [7, 11) is 0. The quantitative estimate of drug-likeness (QED) is 0.612. The zero-order valence-corrected chi connectivity index (χ0v) is 15.4. The minimum atomic E-state index is -0.248. The average molecular weight is 385 g/mol. The Balaban J connectivity index is 1.30. The van der Waals surface area contributed by atoms with Gasteiger partial charge in [-0.15, -0.1) is 11.3 Å². The number of thiazole rings is 1. The van der Waals surface area contributed by atoms with Crippen molar-refractivity contribution in [3.05, 3.63) is 52.1 Å². The summed E-state index contributed by atoms with van der Waals surface area (Å²) in [5.74, 6) is 2.07. The molecule has 0 bridgehead atoms. The molecule has 0 spiro atoms. The van der Waals surface area contributed by atoms with E-state index in [0.717, 1.165) is 17.8 Å². The van der Waals surface area contributed by atoms with Crippen molar-refractivity contribution in [3.8, 4) is 5.75 Å². The van der Waals surface area contributed by atoms with Crippen molar-refractivity contribution < 1.29 is 14.1 Å². The Morgan fingerprint density at radius 2 is 2.11 bits per heavy atom. The highest BCUT2D eigenvalue weighted by molar-refractivity contribution is 7.09. The molecule has 4 rings (SSSR count). The number of anilines is 1. The smallest absolute Gasteiger partial charge is 0.275 e. The van der Waals surface area contributed by atoms with Crippen molar-refractivity contribution in [3.63, 3.8) is 0 Å². The van der Waals surface area contributed by atoms with E-state index in [1.54, 1.807) is 29.6 Å². The van der Waals surface area contributed by atoms with E-state index < -0.39 is 0 Å². The highest BCUT2D eigenvalue weighted by Crippen LogP contribution is 2.38. The fourth-order valence-corrected chi connectivity index (χ4v) is 3.25. The molecule has 1 aliphatic rings. The first-order valence-electron chi connectivity index (χ1n) is 8.72. The minimum Gasteiger partial charge on any atom is -0.485 e. The molecule has 140 valence electrons. The van der Waals surface area contributed by atoms with Crippen LogP contribution in [0.1, 0.15) is 46.0 Å². The van der Waals surface area contributed by atoms with Crippen molar-refractivity contribution in [1.82, 2.24) is 15.1 Å². The van der Waals surface area contributed by atoms with Crippen molar-refractivity contribution in [2.75, 3.05) is 11.9 Å². The molecule has 0 saturated heterocycles. The number of hydrogen-bond acceptors (Lipinski definition) is 8. The molecule has 0 unspecified atom stereocenters. The summed E-state index contributed by atoms with van der Waals surface area (Å²) in [5, 5.41) is 9.33. The zero-order chi connectivity index (χ0) is 18.6. The monoisotopic (exact) mass is 385 g/mol. The summed E-state index contributed by atoms with van der Waals surface area (Å²) in [5.41, 5.74) is 6.56. The number of rotatable bonds is 8. The van der Waals surface area contributed by atoms with Crippen LogP contribution in [0.25, 0.3) is 0 Å². The van der Waals surface area contributed by atoms with E-state index in [1.807, 2.05) is 0 Å². The molecule has 1 aliphatic carbocycles. The summed E-state index contributed by atoms with van der Waals surface area (Å²) in [6, 6.07) is 7.09. The van der Waals surface area contributed by atoms with Crippen LogP contribution in [-0.2, 0) is 13.0 Å². The highest BCUT2D eigenvalue weighted by atomic mass is 32.1. The number of carbonyl (C=O) groups is 1. The molecule has 0 aliphatic heterocycles. The van der Waals surface area contributed by atoms with Gasteiger partial charge in [-0.3, -0.25) is 4.79 Å². The maximum atomic E-state index is 12.2. The molecule has 2 aromatic heterocycles. The van der Waals surface area contributed by atoms with Gasteiger partial charge in [-0.1, -0.05) is 5.16 Å². The Kier molecular flexibility index (Phi) is 5.12. The van der Waals surface area contributed by atoms with Crippen molar-refractivity contribution in [2.45, 2.75) is 31.8 Å². The molecule has 3 N–H and O–H groups in total. The molecule has 1 saturated carbocycles. The maximum absolute atomic E-state index is 12.2. The second-order valence-corrected chi connectivity index (χ2v) is 7.20. The number of nitrogens with two attached hydrogens (primary N) is 1. The van der Waals surface area contributed by atoms with Gasteiger partial charge in [0.2, 0.25) is 11.7 Å². The van der Waals surface area contributed by atoms with Crippen LogP contribution in [0.4, 0.5) is 5.69 Å². The standard InChI is InChI=1S/C18H19N5O3S/c19-8-7-16-21-14(10-27-16)17(24)20-12-3-5-13(6-4-12)25-9-15-22-18(26-23-15)11-1-2-11/h3-6,10-11H,1-2,7-9,19H2,(H,20,24). The summed E-state index contributed by atoms with van der Waals surface area (Å²) < 4.78 is 10.9. The molecule has 1 amide bonds. The van der Waals surface area contributed by atoms with Gasteiger partial charge in [-0.05, 0) is 43.7 Å². The molecule has 27 heavy (non-hydrogen) atoms. The van der Waals surface area contributed by atoms with Gasteiger partial charge in [-0.25, -0.2) is 4.98 Å². The summed E-state index contributed by atoms with van der Waals surface area (Å²) in [6.07, 6.45) is 2.91. The van der Waals surface area contributed by atoms with Crippen LogP contribution < -0.4 is 15.8 Å². The molecular weight excluding hydrogens is 366 g/mol. The SMILES string of the molecule is NCCc1nc(C(=O)Nc2ccc(OCc3noc(C4CC4)n3)cc2)cs1. The Bertz CT molecular complexity index is 917. The Morgan fingerprint density at radius 1 is 1.30 bits per heavy atom. The first-order valence-corrected chi connectivity index (χ1v) is 9.60. The Labute approximate surface area is 159 Å². The number of benzene rings is 1. The largest absolute Gasteiger partial charge is 0.485 e. The summed E-state index contributed by atoms with van der Waals surface area (Å²) >= 11 is 1.44. The number of amides is 1. The summed E-state index contributed by atoms with van der Waals surface area (Å²) in [6.45, 7) is 0.756. The number of ether oxygens (including phenoxy) is 1. The molecule has 0 radical (unpaired) electrons. The molecule has 0 atom stereocenters. The van der Waals surface area contributed by atoms with Crippen LogP contribution in [0.15, 0.2) is 34.2 Å². The lowest BCUT2D eigenvalue weighted by atomic mass is 10.3. The van der Waals surface area contributed by atoms with E-state index in [4.69, 9.17) is 15.0 Å². The van der Waals surface area contributed by atoms with Gasteiger partial charge in [0.25, 0.3) is 5.91 Å². The molecule has 1 aromatic carbocycles. The highest BCUT2D eigenvalue weighted by Gasteiger charge is 2.29. The van der Waals surface area contributed by atoms with Gasteiger partial charge < -0.3 is 20.3 Å². The normalized spacial score (nSPS) is 13.5. The lowest BCUT2D eigenvalue weighted by molar-refractivity contribution is 0.102. The van der Waals surface area contributed by atoms with E-state index in [9.17, 15) is 4.79 Å². The number of nitrogens with zero attached hydrogens (tertiary/aromatic N) is 3. The number of nitrogens with one attached hydrogen (secondary N) is 1. The molecule has 2 heterocycles. The van der Waals surface area contributed by atoms with Gasteiger partial charge >= 0.3 is 0 Å². The molecule has 1 fully saturated rings. The topological polar surface area (TPSA) is 116 Å². The van der Waals surface area contributed by atoms with Crippen molar-refractivity contribution >= 4 is 22.9 Å². The van der Waals surface area contributed by atoms with E-state index in [0.29, 0.717) is 47.7 Å². The zero-order valence-electron chi connectivity index (χ0n) is 14.6. The Hall–Kier alpha value is -2.78. The minimum absolute atomic E-state index is 0.241. The average Bonchev–Trinajstić information content (AvgIpc) is 3.23. The molecule has 8 nitrogen and oxygen atoms in total. The number of hydrogen-bond donors (Lipinski definition) is 2. The first-order chi connectivity index (χ1) is 13.2. The van der Waals surface area contributed by atoms with E-state index >= 15 is 0 Å². The van der Waals surface area contributed by atoms with Gasteiger partial charge in [0, 0.05) is 23.4 Å². The van der Waals surface area contributed by atoms with E-state index in [1.165, 1.54) is 11.3 Å². The third-order valence-corrected chi connectivity index (χ3v) is 4.94. The lowest BCUT2D eigenvalue weighted by Gasteiger charge is -2.06. The van der Waals surface area contributed by atoms with Crippen LogP contribution in [0.3, 0.4) is 0 Å². The fourth-order valence-electron chi connectivity index (χ4n) is 2.45. The van der Waals surface area contributed by atoms with Gasteiger partial charge in [0.05, 0.1) is 5.01 Å². The van der Waals surface area contributed by atoms with Crippen molar-refractivity contribution in [2.24, 2.45) is 5.73 Å². The molecule has 3 aromatic rings. The predicted molar refractivity (Wildman–Crippen MR) is 99.9 cm³/mol. The van der Waals surface area contributed by atoms with Crippen LogP contribution in [0.2, 0.25) is 0 Å². The van der Waals surface area contributed by atoms with Crippen molar-refractivity contribution in [1.29, 1.82) is 0 Å². The van der Waals surface area contributed by atoms with Crippen LogP contribution in [0.5, 0.6) is 5.75 Å². The maximum Gasteiger partial charge on any atom is 0.275 e. The van der Waals surface area contributed by atoms with E-state index in [-0.39, 0.29) is 12.5 Å². The number of aromatic nitrogens is 3. The van der Waals surface area contributed by atoms with E-state index in [2.05, 4.69) is 20.4 Å². The third kappa shape index (κ3) is 4.50.